The van der Waals surface area contributed by atoms with E-state index in [4.69, 9.17) is 0 Å². The first-order valence-corrected chi connectivity index (χ1v) is 7.39. The summed E-state index contributed by atoms with van der Waals surface area (Å²) < 4.78 is 27.1. The van der Waals surface area contributed by atoms with Gasteiger partial charge in [0.1, 0.15) is 17.3 Å². The molecule has 2 N–H and O–H groups in total. The molecule has 0 aliphatic rings. The molecule has 0 aliphatic heterocycles. The highest BCUT2D eigenvalue weighted by atomic mass is 32.2. The van der Waals surface area contributed by atoms with E-state index in [1.54, 1.807) is 11.8 Å². The van der Waals surface area contributed by atoms with E-state index in [1.807, 2.05) is 13.2 Å². The average Bonchev–Trinajstić information content (AvgIpc) is 2.37. The maximum atomic E-state index is 13.6. The average molecular weight is 288 g/mol. The summed E-state index contributed by atoms with van der Waals surface area (Å²) in [6.07, 6.45) is 2.71. The number of hydrogen-bond donors (Lipinski definition) is 2. The predicted octanol–water partition coefficient (Wildman–Crippen LogP) is 2.88. The minimum Gasteiger partial charge on any atom is -0.383 e. The Hall–Kier alpha value is -1.30. The molecule has 1 atom stereocenters. The van der Waals surface area contributed by atoms with Crippen LogP contribution in [0.15, 0.2) is 12.1 Å². The van der Waals surface area contributed by atoms with Crippen molar-refractivity contribution < 1.29 is 13.6 Å². The molecule has 1 rings (SSSR count). The van der Waals surface area contributed by atoms with Crippen LogP contribution in [-0.2, 0) is 0 Å². The first kappa shape index (κ1) is 15.8. The molecule has 19 heavy (non-hydrogen) atoms. The molecule has 0 heterocycles. The molecule has 0 bridgehead atoms. The van der Waals surface area contributed by atoms with Crippen LogP contribution < -0.4 is 10.6 Å². The lowest BCUT2D eigenvalue weighted by Crippen LogP contribution is -2.36. The SMILES string of the molecule is CCC(CSC)NC(=O)c1cc(F)c(NC)c(F)c1. The number of amides is 1. The van der Waals surface area contributed by atoms with E-state index in [0.29, 0.717) is 0 Å². The van der Waals surface area contributed by atoms with Crippen molar-refractivity contribution in [3.8, 4) is 0 Å². The van der Waals surface area contributed by atoms with Crippen LogP contribution in [0.1, 0.15) is 23.7 Å². The van der Waals surface area contributed by atoms with Gasteiger partial charge in [0.05, 0.1) is 0 Å². The van der Waals surface area contributed by atoms with Gasteiger partial charge in [-0.05, 0) is 24.8 Å². The van der Waals surface area contributed by atoms with Gasteiger partial charge in [0, 0.05) is 24.4 Å². The largest absolute Gasteiger partial charge is 0.383 e. The van der Waals surface area contributed by atoms with Crippen molar-refractivity contribution in [2.75, 3.05) is 24.4 Å². The Morgan fingerprint density at radius 2 is 1.95 bits per heavy atom. The third-order valence-electron chi connectivity index (χ3n) is 2.75. The first-order chi connectivity index (χ1) is 9.03. The summed E-state index contributed by atoms with van der Waals surface area (Å²) in [6, 6.07) is 2.07. The Labute approximate surface area is 116 Å². The van der Waals surface area contributed by atoms with Gasteiger partial charge in [0.2, 0.25) is 0 Å². The number of hydrogen-bond acceptors (Lipinski definition) is 3. The van der Waals surface area contributed by atoms with Crippen LogP contribution in [0.2, 0.25) is 0 Å². The van der Waals surface area contributed by atoms with Gasteiger partial charge in [-0.3, -0.25) is 4.79 Å². The maximum Gasteiger partial charge on any atom is 0.251 e. The smallest absolute Gasteiger partial charge is 0.251 e. The normalized spacial score (nSPS) is 12.1. The maximum absolute atomic E-state index is 13.6. The van der Waals surface area contributed by atoms with Crippen molar-refractivity contribution in [3.63, 3.8) is 0 Å². The first-order valence-electron chi connectivity index (χ1n) is 6.00. The lowest BCUT2D eigenvalue weighted by molar-refractivity contribution is 0.0939. The van der Waals surface area contributed by atoms with Crippen LogP contribution in [0, 0.1) is 11.6 Å². The Balaban J connectivity index is 2.88. The van der Waals surface area contributed by atoms with Crippen molar-refractivity contribution >= 4 is 23.4 Å². The number of thioether (sulfide) groups is 1. The van der Waals surface area contributed by atoms with E-state index < -0.39 is 17.5 Å². The molecule has 0 saturated heterocycles. The zero-order valence-electron chi connectivity index (χ0n) is 11.2. The van der Waals surface area contributed by atoms with Crippen LogP contribution in [0.3, 0.4) is 0 Å². The molecule has 1 unspecified atom stereocenters. The molecule has 1 amide bonds. The van der Waals surface area contributed by atoms with Crippen LogP contribution in [0.25, 0.3) is 0 Å². The third kappa shape index (κ3) is 4.09. The number of anilines is 1. The summed E-state index contributed by atoms with van der Waals surface area (Å²) in [7, 11) is 1.42. The van der Waals surface area contributed by atoms with E-state index in [9.17, 15) is 13.6 Å². The predicted molar refractivity (Wildman–Crippen MR) is 75.8 cm³/mol. The summed E-state index contributed by atoms with van der Waals surface area (Å²) >= 11 is 1.61. The summed E-state index contributed by atoms with van der Waals surface area (Å²) in [4.78, 5) is 11.9. The number of carbonyl (C=O) groups excluding carboxylic acids is 1. The number of nitrogens with one attached hydrogen (secondary N) is 2. The standard InChI is InChI=1S/C13H18F2N2OS/c1-4-9(7-19-3)17-13(18)8-5-10(14)12(16-2)11(15)6-8/h5-6,9,16H,4,7H2,1-3H3,(H,17,18). The second kappa shape index (κ2) is 7.33. The highest BCUT2D eigenvalue weighted by Gasteiger charge is 2.16. The molecular weight excluding hydrogens is 270 g/mol. The summed E-state index contributed by atoms with van der Waals surface area (Å²) in [5.74, 6) is -1.24. The number of halogens is 2. The Morgan fingerprint density at radius 1 is 1.37 bits per heavy atom. The molecule has 1 aromatic rings. The molecule has 0 fully saturated rings. The summed E-state index contributed by atoms with van der Waals surface area (Å²) in [6.45, 7) is 1.95. The molecule has 6 heteroatoms. The van der Waals surface area contributed by atoms with E-state index >= 15 is 0 Å². The summed E-state index contributed by atoms with van der Waals surface area (Å²) in [5.41, 5.74) is -0.235. The minimum absolute atomic E-state index is 0.00222. The minimum atomic E-state index is -0.773. The van der Waals surface area contributed by atoms with Crippen molar-refractivity contribution in [1.82, 2.24) is 5.32 Å². The van der Waals surface area contributed by atoms with Gasteiger partial charge >= 0.3 is 0 Å². The van der Waals surface area contributed by atoms with Crippen molar-refractivity contribution in [3.05, 3.63) is 29.3 Å². The molecule has 1 aromatic carbocycles. The van der Waals surface area contributed by atoms with Crippen LogP contribution in [-0.4, -0.2) is 31.0 Å². The van der Waals surface area contributed by atoms with Gasteiger partial charge in [-0.2, -0.15) is 11.8 Å². The fourth-order valence-corrected chi connectivity index (χ4v) is 2.40. The molecule has 106 valence electrons. The number of benzene rings is 1. The Morgan fingerprint density at radius 3 is 2.37 bits per heavy atom. The van der Waals surface area contributed by atoms with Crippen molar-refractivity contribution in [2.24, 2.45) is 0 Å². The van der Waals surface area contributed by atoms with Crippen molar-refractivity contribution in [2.45, 2.75) is 19.4 Å². The fourth-order valence-electron chi connectivity index (χ4n) is 1.67. The lowest BCUT2D eigenvalue weighted by Gasteiger charge is -2.16. The highest BCUT2D eigenvalue weighted by molar-refractivity contribution is 7.98. The van der Waals surface area contributed by atoms with Gasteiger partial charge < -0.3 is 10.6 Å². The van der Waals surface area contributed by atoms with Crippen LogP contribution >= 0.6 is 11.8 Å². The zero-order chi connectivity index (χ0) is 14.4. The van der Waals surface area contributed by atoms with Gasteiger partial charge in [0.25, 0.3) is 5.91 Å². The lowest BCUT2D eigenvalue weighted by atomic mass is 10.1. The van der Waals surface area contributed by atoms with Gasteiger partial charge in [-0.25, -0.2) is 8.78 Å². The quantitative estimate of drug-likeness (QED) is 0.845. The van der Waals surface area contributed by atoms with E-state index in [0.717, 1.165) is 24.3 Å². The van der Waals surface area contributed by atoms with Crippen LogP contribution in [0.4, 0.5) is 14.5 Å². The molecule has 0 saturated carbocycles. The molecule has 0 radical (unpaired) electrons. The Kier molecular flexibility index (Phi) is 6.08. The molecule has 3 nitrogen and oxygen atoms in total. The zero-order valence-corrected chi connectivity index (χ0v) is 12.0. The number of carbonyl (C=O) groups is 1. The van der Waals surface area contributed by atoms with E-state index in [2.05, 4.69) is 10.6 Å². The van der Waals surface area contributed by atoms with E-state index in [-0.39, 0.29) is 17.3 Å². The third-order valence-corrected chi connectivity index (χ3v) is 3.49. The fraction of sp³-hybridized carbons (Fsp3) is 0.462. The monoisotopic (exact) mass is 288 g/mol. The second-order valence-electron chi connectivity index (χ2n) is 4.10. The second-order valence-corrected chi connectivity index (χ2v) is 5.01. The molecule has 0 spiro atoms. The number of rotatable bonds is 6. The van der Waals surface area contributed by atoms with Crippen molar-refractivity contribution in [1.29, 1.82) is 0 Å². The summed E-state index contributed by atoms with van der Waals surface area (Å²) in [5, 5.41) is 5.18. The Bertz CT molecular complexity index is 431. The molecular formula is C13H18F2N2OS. The highest BCUT2D eigenvalue weighted by Crippen LogP contribution is 2.20. The van der Waals surface area contributed by atoms with E-state index in [1.165, 1.54) is 7.05 Å². The van der Waals surface area contributed by atoms with Crippen LogP contribution in [0.5, 0.6) is 0 Å². The van der Waals surface area contributed by atoms with Gasteiger partial charge in [-0.15, -0.1) is 0 Å². The molecule has 0 aromatic heterocycles. The van der Waals surface area contributed by atoms with Gasteiger partial charge in [-0.1, -0.05) is 6.92 Å². The van der Waals surface area contributed by atoms with Gasteiger partial charge in [0.15, 0.2) is 0 Å². The topological polar surface area (TPSA) is 41.1 Å². The molecule has 0 aliphatic carbocycles.